The average molecular weight is 179 g/mol. The summed E-state index contributed by atoms with van der Waals surface area (Å²) in [6.07, 6.45) is -2.54. The standard InChI is InChI=1S/C4H6O5.C2H7N/c5-2(4(8)9)1-3(6)7;1-3-2/h2,5H,1H2,(H,6,7)(H,8,9);3H,1-2H3. The Labute approximate surface area is 69.8 Å². The number of rotatable bonds is 3. The van der Waals surface area contributed by atoms with Gasteiger partial charge in [0.2, 0.25) is 0 Å². The van der Waals surface area contributed by atoms with Crippen molar-refractivity contribution in [3.8, 4) is 0 Å². The Kier molecular flexibility index (Phi) is 8.92. The van der Waals surface area contributed by atoms with E-state index in [4.69, 9.17) is 15.3 Å². The van der Waals surface area contributed by atoms with Crippen molar-refractivity contribution in [2.75, 3.05) is 14.1 Å². The molecule has 0 bridgehead atoms. The summed E-state index contributed by atoms with van der Waals surface area (Å²) in [5.74, 6) is -2.85. The summed E-state index contributed by atoms with van der Waals surface area (Å²) in [7, 11) is 3.75. The molecule has 1 atom stereocenters. The van der Waals surface area contributed by atoms with Gasteiger partial charge in [-0.2, -0.15) is 0 Å². The Balaban J connectivity index is 0. The lowest BCUT2D eigenvalue weighted by molar-refractivity contribution is -0.152. The van der Waals surface area contributed by atoms with Gasteiger partial charge in [-0.3, -0.25) is 4.79 Å². The number of aliphatic hydroxyl groups is 1. The molecule has 0 saturated heterocycles. The first kappa shape index (κ1) is 13.4. The molecule has 6 heteroatoms. The molecule has 4 N–H and O–H groups in total. The number of hydrogen-bond donors (Lipinski definition) is 4. The minimum atomic E-state index is -1.79. The van der Waals surface area contributed by atoms with Gasteiger partial charge in [-0.1, -0.05) is 0 Å². The van der Waals surface area contributed by atoms with Crippen molar-refractivity contribution in [1.29, 1.82) is 0 Å². The minimum absolute atomic E-state index is 0.755. The van der Waals surface area contributed by atoms with Gasteiger partial charge in [-0.15, -0.1) is 0 Å². The SMILES string of the molecule is CNC.O=C(O)CC(O)C(=O)O. The lowest BCUT2D eigenvalue weighted by Crippen LogP contribution is -2.22. The van der Waals surface area contributed by atoms with E-state index < -0.39 is 24.5 Å². The van der Waals surface area contributed by atoms with E-state index in [1.165, 1.54) is 0 Å². The van der Waals surface area contributed by atoms with Crippen molar-refractivity contribution < 1.29 is 24.9 Å². The van der Waals surface area contributed by atoms with E-state index in [-0.39, 0.29) is 0 Å². The maximum atomic E-state index is 9.72. The molecule has 0 radical (unpaired) electrons. The van der Waals surface area contributed by atoms with E-state index in [1.54, 1.807) is 0 Å². The normalized spacial score (nSPS) is 10.9. The fourth-order valence-corrected chi connectivity index (χ4v) is 0.253. The molecular formula is C6H13NO5. The minimum Gasteiger partial charge on any atom is -0.481 e. The van der Waals surface area contributed by atoms with Gasteiger partial charge in [-0.25, -0.2) is 4.79 Å². The fraction of sp³-hybridized carbons (Fsp3) is 0.667. The van der Waals surface area contributed by atoms with Crippen molar-refractivity contribution in [2.24, 2.45) is 0 Å². The van der Waals surface area contributed by atoms with Crippen LogP contribution >= 0.6 is 0 Å². The predicted molar refractivity (Wildman–Crippen MR) is 40.9 cm³/mol. The lowest BCUT2D eigenvalue weighted by Gasteiger charge is -1.97. The largest absolute Gasteiger partial charge is 0.481 e. The van der Waals surface area contributed by atoms with Gasteiger partial charge in [0.1, 0.15) is 0 Å². The Hall–Kier alpha value is -1.14. The third-order valence-electron chi connectivity index (χ3n) is 0.653. The first-order chi connectivity index (χ1) is 5.45. The second kappa shape index (κ2) is 7.96. The average Bonchev–Trinajstić information content (AvgIpc) is 1.87. The molecule has 0 amide bonds. The summed E-state index contributed by atoms with van der Waals surface area (Å²) < 4.78 is 0. The van der Waals surface area contributed by atoms with Gasteiger partial charge < -0.3 is 20.6 Å². The second-order valence-corrected chi connectivity index (χ2v) is 1.95. The zero-order chi connectivity index (χ0) is 10.1. The van der Waals surface area contributed by atoms with E-state index in [1.807, 2.05) is 14.1 Å². The highest BCUT2D eigenvalue weighted by Gasteiger charge is 2.16. The zero-order valence-electron chi connectivity index (χ0n) is 6.94. The fourth-order valence-electron chi connectivity index (χ4n) is 0.253. The van der Waals surface area contributed by atoms with Crippen LogP contribution in [0.4, 0.5) is 0 Å². The molecule has 12 heavy (non-hydrogen) atoms. The van der Waals surface area contributed by atoms with Gasteiger partial charge in [0, 0.05) is 0 Å². The van der Waals surface area contributed by atoms with E-state index in [0.29, 0.717) is 0 Å². The van der Waals surface area contributed by atoms with Gasteiger partial charge in [0.15, 0.2) is 6.10 Å². The summed E-state index contributed by atoms with van der Waals surface area (Å²) in [5.41, 5.74) is 0. The number of carboxylic acid groups (broad SMARTS) is 2. The third kappa shape index (κ3) is 11.6. The third-order valence-corrected chi connectivity index (χ3v) is 0.653. The Morgan fingerprint density at radius 1 is 1.33 bits per heavy atom. The Morgan fingerprint density at radius 2 is 1.67 bits per heavy atom. The smallest absolute Gasteiger partial charge is 0.333 e. The number of carboxylic acids is 2. The van der Waals surface area contributed by atoms with Crippen LogP contribution in [0.15, 0.2) is 0 Å². The number of carbonyl (C=O) groups is 2. The maximum Gasteiger partial charge on any atom is 0.333 e. The molecule has 72 valence electrons. The zero-order valence-corrected chi connectivity index (χ0v) is 6.94. The molecule has 0 aliphatic carbocycles. The van der Waals surface area contributed by atoms with Crippen molar-refractivity contribution in [2.45, 2.75) is 12.5 Å². The summed E-state index contributed by atoms with van der Waals surface area (Å²) in [4.78, 5) is 19.4. The van der Waals surface area contributed by atoms with Crippen LogP contribution in [0.2, 0.25) is 0 Å². The first-order valence-electron chi connectivity index (χ1n) is 3.16. The maximum absolute atomic E-state index is 9.72. The highest BCUT2D eigenvalue weighted by molar-refractivity contribution is 5.79. The second-order valence-electron chi connectivity index (χ2n) is 1.95. The molecule has 6 nitrogen and oxygen atoms in total. The van der Waals surface area contributed by atoms with Crippen LogP contribution < -0.4 is 5.32 Å². The number of aliphatic carboxylic acids is 2. The summed E-state index contributed by atoms with van der Waals surface area (Å²) >= 11 is 0. The molecular weight excluding hydrogens is 166 g/mol. The topological polar surface area (TPSA) is 107 Å². The van der Waals surface area contributed by atoms with E-state index in [2.05, 4.69) is 5.32 Å². The molecule has 0 aromatic rings. The van der Waals surface area contributed by atoms with Crippen LogP contribution in [-0.4, -0.2) is 47.5 Å². The van der Waals surface area contributed by atoms with Crippen LogP contribution in [0.25, 0.3) is 0 Å². The quantitative estimate of drug-likeness (QED) is 0.431. The van der Waals surface area contributed by atoms with Crippen molar-refractivity contribution >= 4 is 11.9 Å². The molecule has 0 saturated carbocycles. The molecule has 1 unspecified atom stereocenters. The van der Waals surface area contributed by atoms with Crippen molar-refractivity contribution in [1.82, 2.24) is 5.32 Å². The molecule has 0 aromatic heterocycles. The van der Waals surface area contributed by atoms with E-state index in [9.17, 15) is 9.59 Å². The van der Waals surface area contributed by atoms with E-state index >= 15 is 0 Å². The summed E-state index contributed by atoms with van der Waals surface area (Å²) in [6, 6.07) is 0. The van der Waals surface area contributed by atoms with Gasteiger partial charge in [0.25, 0.3) is 0 Å². The molecule has 0 aliphatic heterocycles. The van der Waals surface area contributed by atoms with Crippen LogP contribution in [0.1, 0.15) is 6.42 Å². The van der Waals surface area contributed by atoms with Crippen LogP contribution in [-0.2, 0) is 9.59 Å². The number of aliphatic hydroxyl groups excluding tert-OH is 1. The molecule has 0 spiro atoms. The Bertz CT molecular complexity index is 147. The molecule has 0 fully saturated rings. The predicted octanol–water partition coefficient (Wildman–Crippen LogP) is -1.26. The highest BCUT2D eigenvalue weighted by Crippen LogP contribution is 1.89. The monoisotopic (exact) mass is 179 g/mol. The van der Waals surface area contributed by atoms with Crippen molar-refractivity contribution in [3.05, 3.63) is 0 Å². The molecule has 0 aromatic carbocycles. The van der Waals surface area contributed by atoms with Crippen LogP contribution in [0.5, 0.6) is 0 Å². The molecule has 0 heterocycles. The summed E-state index contributed by atoms with van der Waals surface area (Å²) in [5, 5.41) is 26.9. The van der Waals surface area contributed by atoms with Crippen molar-refractivity contribution in [3.63, 3.8) is 0 Å². The van der Waals surface area contributed by atoms with Gasteiger partial charge in [0.05, 0.1) is 6.42 Å². The Morgan fingerprint density at radius 3 is 1.75 bits per heavy atom. The number of nitrogens with one attached hydrogen (secondary N) is 1. The van der Waals surface area contributed by atoms with Crippen LogP contribution in [0.3, 0.4) is 0 Å². The first-order valence-corrected chi connectivity index (χ1v) is 3.16. The molecule has 0 rings (SSSR count). The van der Waals surface area contributed by atoms with E-state index in [0.717, 1.165) is 0 Å². The molecule has 0 aliphatic rings. The lowest BCUT2D eigenvalue weighted by atomic mass is 10.3. The van der Waals surface area contributed by atoms with Gasteiger partial charge >= 0.3 is 11.9 Å². The highest BCUT2D eigenvalue weighted by atomic mass is 16.4. The number of hydrogen-bond acceptors (Lipinski definition) is 4. The van der Waals surface area contributed by atoms with Gasteiger partial charge in [-0.05, 0) is 14.1 Å². The van der Waals surface area contributed by atoms with Crippen LogP contribution in [0, 0.1) is 0 Å². The summed E-state index contributed by atoms with van der Waals surface area (Å²) in [6.45, 7) is 0.